The predicted molar refractivity (Wildman–Crippen MR) is 101 cm³/mol. The number of hydrogen-bond acceptors (Lipinski definition) is 3. The van der Waals surface area contributed by atoms with Crippen LogP contribution < -0.4 is 5.32 Å². The molecule has 24 heavy (non-hydrogen) atoms. The molecule has 2 aromatic rings. The van der Waals surface area contributed by atoms with E-state index in [0.29, 0.717) is 12.3 Å². The van der Waals surface area contributed by atoms with Crippen molar-refractivity contribution in [1.29, 1.82) is 0 Å². The molecule has 1 fully saturated rings. The summed E-state index contributed by atoms with van der Waals surface area (Å²) in [6, 6.07) is 5.89. The first-order valence-corrected chi connectivity index (χ1v) is 8.17. The van der Waals surface area contributed by atoms with E-state index in [2.05, 4.69) is 17.2 Å². The second-order valence-electron chi connectivity index (χ2n) is 6.01. The third-order valence-electron chi connectivity index (χ3n) is 4.40. The van der Waals surface area contributed by atoms with E-state index < -0.39 is 0 Å². The fourth-order valence-corrected chi connectivity index (χ4v) is 3.07. The van der Waals surface area contributed by atoms with Gasteiger partial charge in [0.15, 0.2) is 0 Å². The second kappa shape index (κ2) is 9.87. The number of pyridine rings is 1. The normalized spacial score (nSPS) is 15.0. The Morgan fingerprint density at radius 1 is 1.29 bits per heavy atom. The molecule has 0 atom stereocenters. The van der Waals surface area contributed by atoms with Gasteiger partial charge in [-0.3, -0.25) is 4.79 Å². The van der Waals surface area contributed by atoms with E-state index in [1.807, 2.05) is 39.9 Å². The lowest BCUT2D eigenvalue weighted by Gasteiger charge is -2.32. The number of imidazole rings is 1. The highest BCUT2D eigenvalue weighted by Gasteiger charge is 2.23. The van der Waals surface area contributed by atoms with Crippen LogP contribution in [0.5, 0.6) is 0 Å². The van der Waals surface area contributed by atoms with Gasteiger partial charge in [0.05, 0.1) is 12.1 Å². The number of piperidine rings is 1. The van der Waals surface area contributed by atoms with Crippen molar-refractivity contribution in [1.82, 2.24) is 19.6 Å². The third kappa shape index (κ3) is 5.10. The van der Waals surface area contributed by atoms with Crippen LogP contribution in [0.4, 0.5) is 0 Å². The summed E-state index contributed by atoms with van der Waals surface area (Å²) < 4.78 is 1.96. The summed E-state index contributed by atoms with van der Waals surface area (Å²) in [7, 11) is 0. The minimum atomic E-state index is 0. The molecule has 1 N–H and O–H groups in total. The Labute approximate surface area is 155 Å². The maximum atomic E-state index is 12.4. The van der Waals surface area contributed by atoms with E-state index in [0.717, 1.165) is 50.4 Å². The van der Waals surface area contributed by atoms with Gasteiger partial charge in [-0.05, 0) is 44.0 Å². The Bertz CT molecular complexity index is 605. The van der Waals surface area contributed by atoms with Gasteiger partial charge in [0, 0.05) is 25.5 Å². The number of hydrogen-bond donors (Lipinski definition) is 1. The topological polar surface area (TPSA) is 49.6 Å². The third-order valence-corrected chi connectivity index (χ3v) is 4.40. The number of carbonyl (C=O) groups excluding carboxylic acids is 1. The Hall–Kier alpha value is -1.30. The molecule has 2 aromatic heterocycles. The van der Waals surface area contributed by atoms with Crippen LogP contribution in [0.3, 0.4) is 0 Å². The number of fused-ring (bicyclic) bond motifs is 1. The largest absolute Gasteiger partial charge is 0.342 e. The highest BCUT2D eigenvalue weighted by atomic mass is 35.5. The van der Waals surface area contributed by atoms with Gasteiger partial charge in [-0.2, -0.15) is 0 Å². The number of aromatic nitrogens is 2. The van der Waals surface area contributed by atoms with Crippen LogP contribution >= 0.6 is 24.8 Å². The van der Waals surface area contributed by atoms with Gasteiger partial charge in [0.25, 0.3) is 0 Å². The number of nitrogens with zero attached hydrogens (tertiary/aromatic N) is 3. The maximum Gasteiger partial charge on any atom is 0.228 e. The minimum absolute atomic E-state index is 0. The van der Waals surface area contributed by atoms with Crippen LogP contribution in [-0.2, 0) is 11.2 Å². The van der Waals surface area contributed by atoms with Crippen LogP contribution in [0.25, 0.3) is 5.65 Å². The molecule has 0 aromatic carbocycles. The second-order valence-corrected chi connectivity index (χ2v) is 6.01. The lowest BCUT2D eigenvalue weighted by atomic mass is 9.96. The van der Waals surface area contributed by atoms with Gasteiger partial charge in [-0.1, -0.05) is 13.0 Å². The summed E-state index contributed by atoms with van der Waals surface area (Å²) >= 11 is 0. The van der Waals surface area contributed by atoms with Crippen LogP contribution in [0.2, 0.25) is 0 Å². The van der Waals surface area contributed by atoms with Crippen LogP contribution in [-0.4, -0.2) is 46.4 Å². The van der Waals surface area contributed by atoms with Crippen LogP contribution in [0.1, 0.15) is 25.5 Å². The van der Waals surface area contributed by atoms with Gasteiger partial charge in [-0.15, -0.1) is 24.8 Å². The summed E-state index contributed by atoms with van der Waals surface area (Å²) in [5, 5.41) is 3.40. The summed E-state index contributed by atoms with van der Waals surface area (Å²) in [5.74, 6) is 0.907. The molecule has 134 valence electrons. The van der Waals surface area contributed by atoms with Crippen molar-refractivity contribution in [3.8, 4) is 0 Å². The molecule has 0 aliphatic carbocycles. The van der Waals surface area contributed by atoms with Crippen molar-refractivity contribution in [2.24, 2.45) is 5.92 Å². The summed E-state index contributed by atoms with van der Waals surface area (Å²) in [4.78, 5) is 18.9. The molecule has 7 heteroatoms. The molecule has 0 spiro atoms. The van der Waals surface area contributed by atoms with Crippen molar-refractivity contribution in [3.63, 3.8) is 0 Å². The van der Waals surface area contributed by atoms with E-state index in [1.54, 1.807) is 0 Å². The van der Waals surface area contributed by atoms with Gasteiger partial charge >= 0.3 is 0 Å². The molecule has 0 bridgehead atoms. The summed E-state index contributed by atoms with van der Waals surface area (Å²) in [6.45, 7) is 5.98. The average molecular weight is 373 g/mol. The first-order valence-electron chi connectivity index (χ1n) is 8.17. The average Bonchev–Trinajstić information content (AvgIpc) is 2.95. The lowest BCUT2D eigenvalue weighted by Crippen LogP contribution is -2.41. The number of likely N-dealkylation sites (tertiary alicyclic amines) is 1. The lowest BCUT2D eigenvalue weighted by molar-refractivity contribution is -0.131. The molecule has 0 saturated carbocycles. The molecular weight excluding hydrogens is 347 g/mol. The highest BCUT2D eigenvalue weighted by Crippen LogP contribution is 2.17. The van der Waals surface area contributed by atoms with E-state index >= 15 is 0 Å². The van der Waals surface area contributed by atoms with Crippen LogP contribution in [0, 0.1) is 5.92 Å². The summed E-state index contributed by atoms with van der Waals surface area (Å²) in [6.07, 6.45) is 6.51. The molecule has 1 saturated heterocycles. The standard InChI is InChI=1S/C17H24N4O.2ClH/c1-2-18-12-14-6-9-20(10-7-14)17(22)11-15-13-21-8-4-3-5-16(21)19-15;;/h3-5,8,13-14,18H,2,6-7,9-12H2,1H3;2*1H. The molecule has 3 heterocycles. The van der Waals surface area contributed by atoms with Gasteiger partial charge < -0.3 is 14.6 Å². The number of rotatable bonds is 5. The van der Waals surface area contributed by atoms with E-state index in [9.17, 15) is 4.79 Å². The van der Waals surface area contributed by atoms with Gasteiger partial charge in [0.2, 0.25) is 5.91 Å². The smallest absolute Gasteiger partial charge is 0.228 e. The molecule has 1 aliphatic heterocycles. The molecular formula is C17H26Cl2N4O. The van der Waals surface area contributed by atoms with Crippen LogP contribution in [0.15, 0.2) is 30.6 Å². The first-order chi connectivity index (χ1) is 10.8. The fourth-order valence-electron chi connectivity index (χ4n) is 3.07. The van der Waals surface area contributed by atoms with Gasteiger partial charge in [-0.25, -0.2) is 4.98 Å². The van der Waals surface area contributed by atoms with Crippen molar-refractivity contribution in [2.45, 2.75) is 26.2 Å². The Morgan fingerprint density at radius 2 is 2.04 bits per heavy atom. The summed E-state index contributed by atoms with van der Waals surface area (Å²) in [5.41, 5.74) is 1.75. The SMILES string of the molecule is CCNCC1CCN(C(=O)Cc2cn3ccccc3n2)CC1.Cl.Cl. The number of nitrogens with one attached hydrogen (secondary N) is 1. The fraction of sp³-hybridized carbons (Fsp3) is 0.529. The number of carbonyl (C=O) groups is 1. The quantitative estimate of drug-likeness (QED) is 0.877. The van der Waals surface area contributed by atoms with E-state index in [-0.39, 0.29) is 30.7 Å². The molecule has 5 nitrogen and oxygen atoms in total. The van der Waals surface area contributed by atoms with E-state index in [1.165, 1.54) is 0 Å². The molecule has 0 radical (unpaired) electrons. The maximum absolute atomic E-state index is 12.4. The Kier molecular flexibility index (Phi) is 8.53. The Balaban J connectivity index is 0.00000144. The Morgan fingerprint density at radius 3 is 2.71 bits per heavy atom. The zero-order valence-corrected chi connectivity index (χ0v) is 15.6. The first kappa shape index (κ1) is 20.7. The predicted octanol–water partition coefficient (Wildman–Crippen LogP) is 2.57. The zero-order chi connectivity index (χ0) is 15.4. The van der Waals surface area contributed by atoms with Gasteiger partial charge in [0.1, 0.15) is 5.65 Å². The number of amides is 1. The van der Waals surface area contributed by atoms with E-state index in [4.69, 9.17) is 0 Å². The number of halogens is 2. The van der Waals surface area contributed by atoms with Crippen molar-refractivity contribution in [3.05, 3.63) is 36.3 Å². The van der Waals surface area contributed by atoms with Crippen molar-refractivity contribution >= 4 is 36.4 Å². The minimum Gasteiger partial charge on any atom is -0.342 e. The van der Waals surface area contributed by atoms with Crippen molar-refractivity contribution < 1.29 is 4.79 Å². The molecule has 1 amide bonds. The highest BCUT2D eigenvalue weighted by molar-refractivity contribution is 5.85. The molecule has 0 unspecified atom stereocenters. The monoisotopic (exact) mass is 372 g/mol. The molecule has 3 rings (SSSR count). The molecule has 1 aliphatic rings. The zero-order valence-electron chi connectivity index (χ0n) is 14.0. The van der Waals surface area contributed by atoms with Crippen molar-refractivity contribution in [2.75, 3.05) is 26.2 Å².